The molecule has 2 heterocycles. The molecule has 0 bridgehead atoms. The number of halogens is 1. The minimum absolute atomic E-state index is 0.284. The van der Waals surface area contributed by atoms with Crippen LogP contribution in [0.1, 0.15) is 0 Å². The van der Waals surface area contributed by atoms with E-state index in [0.29, 0.717) is 0 Å². The first-order chi connectivity index (χ1) is 5.33. The largest absolute Gasteiger partial charge is 0.120 e. The fraction of sp³-hybridized carbons (Fsp3) is 0.167. The molecule has 0 saturated heterocycles. The second kappa shape index (κ2) is 3.42. The van der Waals surface area contributed by atoms with Crippen LogP contribution < -0.4 is 0 Å². The Balaban J connectivity index is 2.35. The number of thioether (sulfide) groups is 1. The number of hydrogen-bond acceptors (Lipinski definition) is 3. The van der Waals surface area contributed by atoms with Gasteiger partial charge in [0.05, 0.1) is 9.27 Å². The maximum absolute atomic E-state index is 6.12. The molecule has 0 spiro atoms. The van der Waals surface area contributed by atoms with E-state index in [1.165, 1.54) is 9.10 Å². The zero-order valence-corrected chi connectivity index (χ0v) is 9.69. The summed E-state index contributed by atoms with van der Waals surface area (Å²) in [6.45, 7) is 0. The van der Waals surface area contributed by atoms with E-state index in [4.69, 9.17) is 11.6 Å². The van der Waals surface area contributed by atoms with Gasteiger partial charge in [-0.3, -0.25) is 0 Å². The third-order valence-corrected chi connectivity index (χ3v) is 9.48. The summed E-state index contributed by atoms with van der Waals surface area (Å²) in [5.41, 5.74) is 0. The second-order valence-electron chi connectivity index (χ2n) is 1.89. The van der Waals surface area contributed by atoms with Crippen LogP contribution in [0.3, 0.4) is 0 Å². The Morgan fingerprint density at radius 3 is 3.09 bits per heavy atom. The summed E-state index contributed by atoms with van der Waals surface area (Å²) >= 11 is 7.87. The average Bonchev–Trinajstić information content (AvgIpc) is 2.53. The van der Waals surface area contributed by atoms with Crippen molar-refractivity contribution in [3.05, 3.63) is 20.8 Å². The SMILES string of the molecule is CSC1=C(Cl)C2=S(SC=C2)S1. The Bertz CT molecular complexity index is 289. The first kappa shape index (κ1) is 8.63. The van der Waals surface area contributed by atoms with E-state index in [2.05, 4.69) is 17.7 Å². The van der Waals surface area contributed by atoms with Crippen molar-refractivity contribution in [2.75, 3.05) is 6.26 Å². The fourth-order valence-electron chi connectivity index (χ4n) is 0.788. The lowest BCUT2D eigenvalue weighted by Gasteiger charge is -1.96. The van der Waals surface area contributed by atoms with Crippen molar-refractivity contribution in [2.45, 2.75) is 0 Å². The average molecular weight is 241 g/mol. The Labute approximate surface area is 84.9 Å². The van der Waals surface area contributed by atoms with Crippen LogP contribution in [0.5, 0.6) is 0 Å². The van der Waals surface area contributed by atoms with E-state index in [0.717, 1.165) is 5.03 Å². The fourth-order valence-corrected chi connectivity index (χ4v) is 9.54. The van der Waals surface area contributed by atoms with Crippen LogP contribution in [0.2, 0.25) is 0 Å². The van der Waals surface area contributed by atoms with Gasteiger partial charge >= 0.3 is 0 Å². The molecule has 2 aliphatic rings. The summed E-state index contributed by atoms with van der Waals surface area (Å²) in [5, 5.41) is 3.11. The lowest BCUT2D eigenvalue weighted by atomic mass is 10.4. The number of rotatable bonds is 1. The third-order valence-electron chi connectivity index (χ3n) is 1.27. The minimum Gasteiger partial charge on any atom is -0.120 e. The summed E-state index contributed by atoms with van der Waals surface area (Å²) in [5.74, 6) is 0. The van der Waals surface area contributed by atoms with Gasteiger partial charge in [0.25, 0.3) is 0 Å². The summed E-state index contributed by atoms with van der Waals surface area (Å²) in [4.78, 5) is 1.33. The Kier molecular flexibility index (Phi) is 2.68. The van der Waals surface area contributed by atoms with Gasteiger partial charge in [-0.2, -0.15) is 0 Å². The third kappa shape index (κ3) is 1.44. The predicted octanol–water partition coefficient (Wildman–Crippen LogP) is 4.04. The van der Waals surface area contributed by atoms with E-state index >= 15 is 0 Å². The lowest BCUT2D eigenvalue weighted by molar-refractivity contribution is 2.14. The molecule has 2 rings (SSSR count). The summed E-state index contributed by atoms with van der Waals surface area (Å²) < 4.78 is 1.28. The van der Waals surface area contributed by atoms with Gasteiger partial charge < -0.3 is 0 Å². The monoisotopic (exact) mass is 240 g/mol. The van der Waals surface area contributed by atoms with Gasteiger partial charge in [0.1, 0.15) is 0 Å². The standard InChI is InChI=1S/C6H5ClS4/c1-8-6-5(7)4-2-3-9-11(4)10-6/h2-3H,1H3. The molecule has 60 valence electrons. The predicted molar refractivity (Wildman–Crippen MR) is 63.3 cm³/mol. The van der Waals surface area contributed by atoms with Crippen molar-refractivity contribution in [3.63, 3.8) is 0 Å². The zero-order chi connectivity index (χ0) is 7.84. The molecule has 0 amide bonds. The first-order valence-electron chi connectivity index (χ1n) is 2.90. The topological polar surface area (TPSA) is 0 Å². The van der Waals surface area contributed by atoms with Gasteiger partial charge in [-0.1, -0.05) is 30.9 Å². The molecule has 0 aromatic rings. The quantitative estimate of drug-likeness (QED) is 0.502. The van der Waals surface area contributed by atoms with Crippen molar-refractivity contribution in [2.24, 2.45) is 0 Å². The Hall–Kier alpha value is 1.04. The van der Waals surface area contributed by atoms with E-state index in [1.54, 1.807) is 11.8 Å². The molecular weight excluding hydrogens is 236 g/mol. The van der Waals surface area contributed by atoms with Crippen LogP contribution in [0.25, 0.3) is 0 Å². The van der Waals surface area contributed by atoms with Crippen LogP contribution in [-0.2, 0) is 0 Å². The molecule has 0 radical (unpaired) electrons. The lowest BCUT2D eigenvalue weighted by Crippen LogP contribution is -1.85. The normalized spacial score (nSPS) is 28.5. The molecule has 0 N–H and O–H groups in total. The van der Waals surface area contributed by atoms with Crippen LogP contribution in [0.4, 0.5) is 0 Å². The van der Waals surface area contributed by atoms with Crippen LogP contribution >= 0.6 is 53.5 Å². The molecule has 1 unspecified atom stereocenters. The smallest absolute Gasteiger partial charge is 0.0759 e. The molecule has 0 aromatic carbocycles. The second-order valence-corrected chi connectivity index (χ2v) is 9.00. The summed E-state index contributed by atoms with van der Waals surface area (Å²) in [6.07, 6.45) is 4.21. The Morgan fingerprint density at radius 1 is 1.64 bits per heavy atom. The molecule has 5 heteroatoms. The van der Waals surface area contributed by atoms with Crippen molar-refractivity contribution >= 4 is 58.4 Å². The zero-order valence-electron chi connectivity index (χ0n) is 5.67. The molecule has 0 aromatic heterocycles. The van der Waals surface area contributed by atoms with E-state index in [9.17, 15) is 0 Å². The Morgan fingerprint density at radius 2 is 2.45 bits per heavy atom. The molecule has 11 heavy (non-hydrogen) atoms. The van der Waals surface area contributed by atoms with E-state index in [-0.39, 0.29) is 8.55 Å². The van der Waals surface area contributed by atoms with Crippen LogP contribution in [0.15, 0.2) is 20.8 Å². The van der Waals surface area contributed by atoms with Gasteiger partial charge in [-0.15, -0.1) is 11.8 Å². The molecule has 0 aliphatic carbocycles. The van der Waals surface area contributed by atoms with Crippen LogP contribution in [0, 0.1) is 0 Å². The van der Waals surface area contributed by atoms with E-state index < -0.39 is 0 Å². The van der Waals surface area contributed by atoms with Gasteiger partial charge in [0.15, 0.2) is 0 Å². The molecule has 2 aliphatic heterocycles. The molecular formula is C6H5ClS4. The van der Waals surface area contributed by atoms with Gasteiger partial charge in [-0.05, 0) is 28.5 Å². The highest BCUT2D eigenvalue weighted by atomic mass is 35.5. The van der Waals surface area contributed by atoms with E-state index in [1.807, 2.05) is 21.6 Å². The molecule has 0 fully saturated rings. The highest BCUT2D eigenvalue weighted by Crippen LogP contribution is 2.61. The van der Waals surface area contributed by atoms with Crippen molar-refractivity contribution in [3.8, 4) is 0 Å². The molecule has 1 atom stereocenters. The molecule has 0 saturated carbocycles. The number of allylic oxidation sites excluding steroid dienone is 2. The minimum atomic E-state index is 0.284. The number of hydrogen-bond donors (Lipinski definition) is 0. The first-order valence-corrected chi connectivity index (χ1v) is 8.46. The summed E-state index contributed by atoms with van der Waals surface area (Å²) in [7, 11) is 4.04. The van der Waals surface area contributed by atoms with Gasteiger partial charge in [0.2, 0.25) is 0 Å². The van der Waals surface area contributed by atoms with Crippen molar-refractivity contribution < 1.29 is 0 Å². The molecule has 0 nitrogen and oxygen atoms in total. The maximum Gasteiger partial charge on any atom is 0.0759 e. The maximum atomic E-state index is 6.12. The van der Waals surface area contributed by atoms with Crippen LogP contribution in [-0.4, -0.2) is 11.1 Å². The summed E-state index contributed by atoms with van der Waals surface area (Å²) in [6, 6.07) is 0. The highest BCUT2D eigenvalue weighted by Gasteiger charge is 2.24. The highest BCUT2D eigenvalue weighted by molar-refractivity contribution is 9.18. The van der Waals surface area contributed by atoms with Crippen molar-refractivity contribution in [1.82, 2.24) is 0 Å². The van der Waals surface area contributed by atoms with Gasteiger partial charge in [0, 0.05) is 4.86 Å². The van der Waals surface area contributed by atoms with Gasteiger partial charge in [-0.25, -0.2) is 0 Å². The van der Waals surface area contributed by atoms with Crippen molar-refractivity contribution in [1.29, 1.82) is 0 Å².